The summed E-state index contributed by atoms with van der Waals surface area (Å²) in [5, 5.41) is 1.93. The first-order valence-corrected chi connectivity index (χ1v) is 2.80. The van der Waals surface area contributed by atoms with Gasteiger partial charge in [0.05, 0.1) is 5.69 Å². The first-order valence-electron chi connectivity index (χ1n) is 1.96. The van der Waals surface area contributed by atoms with Gasteiger partial charge in [0.15, 0.2) is 0 Å². The van der Waals surface area contributed by atoms with E-state index in [4.69, 9.17) is 0 Å². The summed E-state index contributed by atoms with van der Waals surface area (Å²) in [4.78, 5) is 0. The molecular weight excluding hydrogens is 106 g/mol. The molecule has 0 N–H and O–H groups in total. The molecule has 1 heterocycles. The second-order valence-electron chi connectivity index (χ2n) is 1.13. The van der Waals surface area contributed by atoms with Crippen molar-refractivity contribution in [2.45, 2.75) is 0 Å². The van der Waals surface area contributed by atoms with Crippen LogP contribution in [0.15, 0.2) is 18.0 Å². The van der Waals surface area contributed by atoms with Crippen molar-refractivity contribution >= 4 is 17.6 Å². The molecule has 1 aromatic rings. The third-order valence-corrected chi connectivity index (χ3v) is 1.24. The Morgan fingerprint density at radius 1 is 1.86 bits per heavy atom. The minimum atomic E-state index is 0.963. The van der Waals surface area contributed by atoms with Gasteiger partial charge in [0.2, 0.25) is 0 Å². The van der Waals surface area contributed by atoms with Crippen molar-refractivity contribution in [3.8, 4) is 0 Å². The summed E-state index contributed by atoms with van der Waals surface area (Å²) < 4.78 is 3.96. The third-order valence-electron chi connectivity index (χ3n) is 0.667. The van der Waals surface area contributed by atoms with Gasteiger partial charge in [0, 0.05) is 5.38 Å². The van der Waals surface area contributed by atoms with Crippen LogP contribution in [-0.4, -0.2) is 4.37 Å². The molecule has 0 fully saturated rings. The normalized spacial score (nSPS) is 8.57. The van der Waals surface area contributed by atoms with Gasteiger partial charge in [-0.3, -0.25) is 0 Å². The predicted molar refractivity (Wildman–Crippen MR) is 32.2 cm³/mol. The molecule has 0 unspecified atom stereocenters. The summed E-state index contributed by atoms with van der Waals surface area (Å²) in [6, 6.07) is 1.93. The zero-order valence-electron chi connectivity index (χ0n) is 3.79. The maximum absolute atomic E-state index is 3.96. The topological polar surface area (TPSA) is 12.9 Å². The molecule has 0 spiro atoms. The Bertz CT molecular complexity index is 143. The average molecular weight is 111 g/mol. The highest BCUT2D eigenvalue weighted by Crippen LogP contribution is 1.98. The van der Waals surface area contributed by atoms with E-state index >= 15 is 0 Å². The van der Waals surface area contributed by atoms with E-state index in [9.17, 15) is 0 Å². The van der Waals surface area contributed by atoms with Crippen molar-refractivity contribution in [2.24, 2.45) is 0 Å². The van der Waals surface area contributed by atoms with Gasteiger partial charge in [0.1, 0.15) is 0 Å². The van der Waals surface area contributed by atoms with E-state index < -0.39 is 0 Å². The minimum Gasteiger partial charge on any atom is -0.193 e. The lowest BCUT2D eigenvalue weighted by atomic mass is 10.4. The molecule has 0 saturated carbocycles. The highest BCUT2D eigenvalue weighted by atomic mass is 32.1. The Kier molecular flexibility index (Phi) is 1.22. The van der Waals surface area contributed by atoms with E-state index in [1.54, 1.807) is 6.08 Å². The molecule has 2 heteroatoms. The van der Waals surface area contributed by atoms with E-state index in [2.05, 4.69) is 11.0 Å². The molecule has 0 radical (unpaired) electrons. The lowest BCUT2D eigenvalue weighted by Crippen LogP contribution is -1.59. The van der Waals surface area contributed by atoms with Crippen molar-refractivity contribution in [2.75, 3.05) is 0 Å². The summed E-state index contributed by atoms with van der Waals surface area (Å²) in [5.74, 6) is 0. The van der Waals surface area contributed by atoms with Crippen LogP contribution in [-0.2, 0) is 0 Å². The highest BCUT2D eigenvalue weighted by molar-refractivity contribution is 7.03. The fraction of sp³-hybridized carbons (Fsp3) is 0. The number of hydrogen-bond acceptors (Lipinski definition) is 2. The molecule has 1 nitrogen and oxygen atoms in total. The molecular formula is C5H5NS. The molecule has 36 valence electrons. The Morgan fingerprint density at radius 3 is 3.00 bits per heavy atom. The van der Waals surface area contributed by atoms with E-state index in [1.165, 1.54) is 11.5 Å². The van der Waals surface area contributed by atoms with Crippen molar-refractivity contribution in [1.29, 1.82) is 0 Å². The van der Waals surface area contributed by atoms with E-state index in [-0.39, 0.29) is 0 Å². The molecule has 0 aliphatic heterocycles. The Balaban J connectivity index is 2.96. The van der Waals surface area contributed by atoms with Crippen LogP contribution in [0.1, 0.15) is 5.69 Å². The lowest BCUT2D eigenvalue weighted by Gasteiger charge is -1.69. The van der Waals surface area contributed by atoms with E-state index in [0.717, 1.165) is 5.69 Å². The number of aromatic nitrogens is 1. The zero-order valence-corrected chi connectivity index (χ0v) is 4.61. The quantitative estimate of drug-likeness (QED) is 0.538. The van der Waals surface area contributed by atoms with Crippen molar-refractivity contribution in [3.05, 3.63) is 23.7 Å². The summed E-state index contributed by atoms with van der Waals surface area (Å²) >= 11 is 1.44. The Morgan fingerprint density at radius 2 is 2.71 bits per heavy atom. The second-order valence-corrected chi connectivity index (χ2v) is 1.79. The first-order chi connectivity index (χ1) is 3.43. The van der Waals surface area contributed by atoms with Crippen molar-refractivity contribution in [3.63, 3.8) is 0 Å². The largest absolute Gasteiger partial charge is 0.193 e. The predicted octanol–water partition coefficient (Wildman–Crippen LogP) is 1.79. The third kappa shape index (κ3) is 0.871. The first kappa shape index (κ1) is 4.53. The zero-order chi connectivity index (χ0) is 5.11. The van der Waals surface area contributed by atoms with Crippen LogP contribution in [0.3, 0.4) is 0 Å². The summed E-state index contributed by atoms with van der Waals surface area (Å²) in [5.41, 5.74) is 0.963. The van der Waals surface area contributed by atoms with Crippen LogP contribution < -0.4 is 0 Å². The number of rotatable bonds is 1. The van der Waals surface area contributed by atoms with Crippen LogP contribution in [0, 0.1) is 0 Å². The summed E-state index contributed by atoms with van der Waals surface area (Å²) in [6.45, 7) is 3.55. The van der Waals surface area contributed by atoms with E-state index in [1.807, 2.05) is 11.4 Å². The maximum atomic E-state index is 3.96. The van der Waals surface area contributed by atoms with E-state index in [0.29, 0.717) is 0 Å². The molecule has 0 amide bonds. The van der Waals surface area contributed by atoms with Gasteiger partial charge in [-0.2, -0.15) is 4.37 Å². The molecule has 0 aliphatic carbocycles. The molecule has 1 aromatic heterocycles. The number of hydrogen-bond donors (Lipinski definition) is 0. The molecule has 7 heavy (non-hydrogen) atoms. The minimum absolute atomic E-state index is 0.963. The highest BCUT2D eigenvalue weighted by Gasteiger charge is 1.80. The lowest BCUT2D eigenvalue weighted by molar-refractivity contribution is 1.52. The molecule has 1 rings (SSSR count). The maximum Gasteiger partial charge on any atom is 0.0762 e. The fourth-order valence-electron chi connectivity index (χ4n) is 0.327. The monoisotopic (exact) mass is 111 g/mol. The SMILES string of the molecule is C=Cc1ccsn1. The van der Waals surface area contributed by atoms with Crippen molar-refractivity contribution in [1.82, 2.24) is 4.37 Å². The van der Waals surface area contributed by atoms with Gasteiger partial charge in [-0.05, 0) is 23.7 Å². The fourth-order valence-corrected chi connectivity index (χ4v) is 0.845. The van der Waals surface area contributed by atoms with Crippen molar-refractivity contribution < 1.29 is 0 Å². The second kappa shape index (κ2) is 1.89. The molecule has 0 aliphatic rings. The van der Waals surface area contributed by atoms with Gasteiger partial charge in [-0.25, -0.2) is 0 Å². The van der Waals surface area contributed by atoms with Crippen LogP contribution in [0.25, 0.3) is 6.08 Å². The van der Waals surface area contributed by atoms with Gasteiger partial charge in [-0.1, -0.05) is 6.58 Å². The van der Waals surface area contributed by atoms with Gasteiger partial charge < -0.3 is 0 Å². The number of nitrogens with zero attached hydrogens (tertiary/aromatic N) is 1. The smallest absolute Gasteiger partial charge is 0.0762 e. The Hall–Kier alpha value is -0.630. The standard InChI is InChI=1S/C5H5NS/c1-2-5-3-4-7-6-5/h2-4H,1H2. The summed E-state index contributed by atoms with van der Waals surface area (Å²) in [6.07, 6.45) is 1.73. The molecule has 0 saturated heterocycles. The van der Waals surface area contributed by atoms with Crippen LogP contribution in [0.4, 0.5) is 0 Å². The molecule has 0 aromatic carbocycles. The molecule has 0 atom stereocenters. The van der Waals surface area contributed by atoms with Crippen LogP contribution in [0.5, 0.6) is 0 Å². The average Bonchev–Trinajstić information content (AvgIpc) is 2.14. The van der Waals surface area contributed by atoms with Gasteiger partial charge >= 0.3 is 0 Å². The van der Waals surface area contributed by atoms with Gasteiger partial charge in [-0.15, -0.1) is 0 Å². The van der Waals surface area contributed by atoms with Crippen LogP contribution >= 0.6 is 11.5 Å². The van der Waals surface area contributed by atoms with Gasteiger partial charge in [0.25, 0.3) is 0 Å². The summed E-state index contributed by atoms with van der Waals surface area (Å²) in [7, 11) is 0. The Labute approximate surface area is 46.5 Å². The molecule has 0 bridgehead atoms. The van der Waals surface area contributed by atoms with Crippen LogP contribution in [0.2, 0.25) is 0 Å².